The normalized spacial score (nSPS) is 11.6. The van der Waals surface area contributed by atoms with Crippen molar-refractivity contribution in [2.45, 2.75) is 11.8 Å². The maximum atomic E-state index is 12.2. The van der Waals surface area contributed by atoms with Gasteiger partial charge in [0.25, 0.3) is 10.0 Å². The van der Waals surface area contributed by atoms with E-state index >= 15 is 0 Å². The maximum Gasteiger partial charge on any atom is 0.356 e. The zero-order chi connectivity index (χ0) is 15.1. The highest BCUT2D eigenvalue weighted by Gasteiger charge is 2.24. The smallest absolute Gasteiger partial charge is 0.356 e. The van der Waals surface area contributed by atoms with Crippen LogP contribution in [0.1, 0.15) is 16.2 Å². The Morgan fingerprint density at radius 3 is 2.35 bits per heavy atom. The number of hydrogen-bond donors (Lipinski definition) is 2. The molecule has 0 bridgehead atoms. The molecule has 2 rings (SSSR count). The fraction of sp³-hybridized carbons (Fsp3) is 0.300. The second kappa shape index (κ2) is 4.63. The van der Waals surface area contributed by atoms with Gasteiger partial charge in [0.15, 0.2) is 5.69 Å². The Hall–Kier alpha value is -2.36. The van der Waals surface area contributed by atoms with E-state index in [4.69, 9.17) is 5.11 Å². The third-order valence-corrected chi connectivity index (χ3v) is 4.33. The van der Waals surface area contributed by atoms with Crippen molar-refractivity contribution in [2.75, 3.05) is 4.72 Å². The average molecular weight is 299 g/mol. The second-order valence-corrected chi connectivity index (χ2v) is 5.81. The van der Waals surface area contributed by atoms with Crippen LogP contribution in [-0.2, 0) is 24.1 Å². The summed E-state index contributed by atoms with van der Waals surface area (Å²) in [7, 11) is -0.890. The number of sulfonamides is 1. The minimum absolute atomic E-state index is 0.0137. The van der Waals surface area contributed by atoms with Gasteiger partial charge in [0.2, 0.25) is 0 Å². The number of carboxylic acids is 1. The third-order valence-electron chi connectivity index (χ3n) is 2.87. The number of anilines is 1. The van der Waals surface area contributed by atoms with Gasteiger partial charge < -0.3 is 5.11 Å². The number of aromatic nitrogens is 4. The highest BCUT2D eigenvalue weighted by Crippen LogP contribution is 2.21. The number of hydrogen-bond acceptors (Lipinski definition) is 5. The Labute approximate surface area is 114 Å². The van der Waals surface area contributed by atoms with Crippen molar-refractivity contribution in [1.29, 1.82) is 0 Å². The number of aromatic carboxylic acids is 1. The molecule has 0 saturated heterocycles. The lowest BCUT2D eigenvalue weighted by Gasteiger charge is -2.07. The molecule has 2 N–H and O–H groups in total. The SMILES string of the molecule is Cc1c(S(=O)(=O)Nc2cnn(C)c2C(=O)O)cnn1C. The van der Waals surface area contributed by atoms with Gasteiger partial charge in [-0.25, -0.2) is 13.2 Å². The molecule has 0 unspecified atom stereocenters. The molecule has 0 radical (unpaired) electrons. The van der Waals surface area contributed by atoms with E-state index in [9.17, 15) is 13.2 Å². The molecule has 10 heteroatoms. The maximum absolute atomic E-state index is 12.2. The van der Waals surface area contributed by atoms with Crippen LogP contribution < -0.4 is 4.72 Å². The van der Waals surface area contributed by atoms with Crippen LogP contribution in [0.15, 0.2) is 17.3 Å². The van der Waals surface area contributed by atoms with Gasteiger partial charge in [-0.3, -0.25) is 14.1 Å². The van der Waals surface area contributed by atoms with Gasteiger partial charge in [-0.15, -0.1) is 0 Å². The molecule has 0 saturated carbocycles. The van der Waals surface area contributed by atoms with Gasteiger partial charge in [0.1, 0.15) is 10.6 Å². The van der Waals surface area contributed by atoms with Crippen molar-refractivity contribution in [3.05, 3.63) is 23.8 Å². The predicted octanol–water partition coefficient (Wildman–Crippen LogP) is -0.0390. The van der Waals surface area contributed by atoms with E-state index in [1.807, 2.05) is 0 Å². The van der Waals surface area contributed by atoms with Crippen molar-refractivity contribution in [3.8, 4) is 0 Å². The zero-order valence-electron chi connectivity index (χ0n) is 11.0. The second-order valence-electron chi connectivity index (χ2n) is 4.16. The predicted molar refractivity (Wildman–Crippen MR) is 68.9 cm³/mol. The molecule has 0 aliphatic heterocycles. The van der Waals surface area contributed by atoms with Gasteiger partial charge in [0.05, 0.1) is 18.1 Å². The van der Waals surface area contributed by atoms with Gasteiger partial charge >= 0.3 is 5.97 Å². The molecule has 0 aliphatic rings. The molecular formula is C10H13N5O4S. The Bertz CT molecular complexity index is 774. The first-order valence-electron chi connectivity index (χ1n) is 5.50. The molecule has 2 aromatic heterocycles. The molecule has 0 fully saturated rings. The lowest BCUT2D eigenvalue weighted by Crippen LogP contribution is -2.16. The van der Waals surface area contributed by atoms with Crippen LogP contribution in [0.2, 0.25) is 0 Å². The molecule has 0 atom stereocenters. The number of aryl methyl sites for hydroxylation is 2. The molecule has 2 aromatic rings. The first-order chi connectivity index (χ1) is 9.24. The quantitative estimate of drug-likeness (QED) is 0.817. The van der Waals surface area contributed by atoms with E-state index in [2.05, 4.69) is 14.9 Å². The van der Waals surface area contributed by atoms with E-state index in [-0.39, 0.29) is 16.3 Å². The summed E-state index contributed by atoms with van der Waals surface area (Å²) in [5, 5.41) is 16.6. The van der Waals surface area contributed by atoms with Gasteiger partial charge in [-0.1, -0.05) is 0 Å². The van der Waals surface area contributed by atoms with Crippen LogP contribution >= 0.6 is 0 Å². The van der Waals surface area contributed by atoms with Crippen molar-refractivity contribution in [1.82, 2.24) is 19.6 Å². The van der Waals surface area contributed by atoms with Crippen LogP contribution in [0.3, 0.4) is 0 Å². The monoisotopic (exact) mass is 299 g/mol. The Balaban J connectivity index is 2.44. The first-order valence-corrected chi connectivity index (χ1v) is 6.99. The third kappa shape index (κ3) is 2.25. The van der Waals surface area contributed by atoms with Crippen molar-refractivity contribution >= 4 is 21.7 Å². The molecule has 0 aliphatic carbocycles. The van der Waals surface area contributed by atoms with Gasteiger partial charge in [-0.2, -0.15) is 10.2 Å². The summed E-state index contributed by atoms with van der Waals surface area (Å²) < 4.78 is 29.2. The summed E-state index contributed by atoms with van der Waals surface area (Å²) in [6.45, 7) is 1.60. The Morgan fingerprint density at radius 2 is 1.85 bits per heavy atom. The highest BCUT2D eigenvalue weighted by atomic mass is 32.2. The van der Waals surface area contributed by atoms with Crippen molar-refractivity contribution in [3.63, 3.8) is 0 Å². The summed E-state index contributed by atoms with van der Waals surface area (Å²) in [6.07, 6.45) is 2.35. The molecule has 2 heterocycles. The van der Waals surface area contributed by atoms with E-state index < -0.39 is 16.0 Å². The summed E-state index contributed by atoms with van der Waals surface area (Å²) in [4.78, 5) is 11.1. The van der Waals surface area contributed by atoms with Crippen LogP contribution in [-0.4, -0.2) is 39.1 Å². The molecule has 9 nitrogen and oxygen atoms in total. The number of carboxylic acid groups (broad SMARTS) is 1. The van der Waals surface area contributed by atoms with Gasteiger partial charge in [-0.05, 0) is 6.92 Å². The van der Waals surface area contributed by atoms with E-state index in [1.54, 1.807) is 14.0 Å². The molecule has 108 valence electrons. The zero-order valence-corrected chi connectivity index (χ0v) is 11.8. The number of rotatable bonds is 4. The minimum atomic E-state index is -3.92. The molecule has 0 amide bonds. The van der Waals surface area contributed by atoms with Crippen LogP contribution in [0, 0.1) is 6.92 Å². The number of carbonyl (C=O) groups is 1. The summed E-state index contributed by atoms with van der Waals surface area (Å²) in [5.74, 6) is -1.27. The lowest BCUT2D eigenvalue weighted by atomic mass is 10.4. The molecule has 0 aromatic carbocycles. The standard InChI is InChI=1S/C10H13N5O4S/c1-6-8(5-12-14(6)2)20(18,19)13-7-4-11-15(3)9(7)10(16)17/h4-5,13H,1-3H3,(H,16,17). The average Bonchev–Trinajstić information content (AvgIpc) is 2.84. The molecule has 20 heavy (non-hydrogen) atoms. The fourth-order valence-electron chi connectivity index (χ4n) is 1.71. The lowest BCUT2D eigenvalue weighted by molar-refractivity contribution is 0.0686. The first kappa shape index (κ1) is 14.1. The number of nitrogens with zero attached hydrogens (tertiary/aromatic N) is 4. The Morgan fingerprint density at radius 1 is 1.25 bits per heavy atom. The highest BCUT2D eigenvalue weighted by molar-refractivity contribution is 7.92. The molecule has 0 spiro atoms. The topological polar surface area (TPSA) is 119 Å². The van der Waals surface area contributed by atoms with Crippen molar-refractivity contribution in [2.24, 2.45) is 14.1 Å². The molecular weight excluding hydrogens is 286 g/mol. The number of nitrogens with one attached hydrogen (secondary N) is 1. The van der Waals surface area contributed by atoms with Crippen LogP contribution in [0.5, 0.6) is 0 Å². The minimum Gasteiger partial charge on any atom is -0.476 e. The van der Waals surface area contributed by atoms with E-state index in [0.29, 0.717) is 5.69 Å². The summed E-state index contributed by atoms with van der Waals surface area (Å²) in [5.41, 5.74) is 0.108. The Kier molecular flexibility index (Phi) is 3.26. The van der Waals surface area contributed by atoms with Crippen molar-refractivity contribution < 1.29 is 18.3 Å². The van der Waals surface area contributed by atoms with Crippen LogP contribution in [0.25, 0.3) is 0 Å². The largest absolute Gasteiger partial charge is 0.476 e. The van der Waals surface area contributed by atoms with E-state index in [0.717, 1.165) is 10.9 Å². The van der Waals surface area contributed by atoms with Crippen LogP contribution in [0.4, 0.5) is 5.69 Å². The summed E-state index contributed by atoms with van der Waals surface area (Å²) in [6, 6.07) is 0. The van der Waals surface area contributed by atoms with Gasteiger partial charge in [0, 0.05) is 14.1 Å². The van der Waals surface area contributed by atoms with E-state index in [1.165, 1.54) is 17.9 Å². The summed E-state index contributed by atoms with van der Waals surface area (Å²) >= 11 is 0. The fourth-order valence-corrected chi connectivity index (χ4v) is 2.96.